The van der Waals surface area contributed by atoms with Crippen molar-refractivity contribution in [2.75, 3.05) is 18.1 Å². The molecule has 0 aromatic carbocycles. The highest BCUT2D eigenvalue weighted by atomic mass is 32.8. The highest BCUT2D eigenvalue weighted by Crippen LogP contribution is 2.13. The van der Waals surface area contributed by atoms with E-state index in [-0.39, 0.29) is 16.1 Å². The Balaban J connectivity index is 3.01. The fourth-order valence-corrected chi connectivity index (χ4v) is 4.17. The molecule has 0 rings (SSSR count). The smallest absolute Gasteiger partial charge is 0.0524 e. The molecule has 0 amide bonds. The molecule has 0 saturated carbocycles. The van der Waals surface area contributed by atoms with Crippen molar-refractivity contribution in [2.45, 2.75) is 96.8 Å². The maximum Gasteiger partial charge on any atom is 0.0524 e. The Morgan fingerprint density at radius 2 is 1.00 bits per heavy atom. The van der Waals surface area contributed by atoms with Crippen molar-refractivity contribution in [1.29, 1.82) is 0 Å². The number of hydrogen-bond donors (Lipinski definition) is 1. The molecule has 128 valence electrons. The summed E-state index contributed by atoms with van der Waals surface area (Å²) in [5, 5.41) is 8.79. The van der Waals surface area contributed by atoms with Gasteiger partial charge in [0.2, 0.25) is 0 Å². The van der Waals surface area contributed by atoms with Crippen LogP contribution < -0.4 is 0 Å². The van der Waals surface area contributed by atoms with Crippen LogP contribution in [-0.2, 0) is 20.6 Å². The minimum absolute atomic E-state index is 0.0472. The predicted octanol–water partition coefficient (Wildman–Crippen LogP) is 5.54. The standard InChI is InChI=1S/C18H38OS2/c1-2-3-4-5-6-7-8-9-10-11-12-13-14-15-17-21(20)18-16-19/h19H,2-18H2,1H3. The highest BCUT2D eigenvalue weighted by Gasteiger charge is 1.96. The van der Waals surface area contributed by atoms with Crippen molar-refractivity contribution >= 4 is 20.6 Å². The van der Waals surface area contributed by atoms with E-state index in [4.69, 9.17) is 16.3 Å². The van der Waals surface area contributed by atoms with Crippen molar-refractivity contribution in [1.82, 2.24) is 0 Å². The summed E-state index contributed by atoms with van der Waals surface area (Å²) in [6.45, 7) is 2.55. The molecule has 0 spiro atoms. The Bertz CT molecular complexity index is 219. The first-order valence-electron chi connectivity index (χ1n) is 9.27. The Kier molecular flexibility index (Phi) is 19.0. The van der Waals surface area contributed by atoms with Gasteiger partial charge >= 0.3 is 0 Å². The van der Waals surface area contributed by atoms with Gasteiger partial charge in [-0.1, -0.05) is 102 Å². The van der Waals surface area contributed by atoms with Crippen LogP contribution in [0.15, 0.2) is 0 Å². The fourth-order valence-electron chi connectivity index (χ4n) is 2.66. The molecule has 0 aliphatic rings. The van der Waals surface area contributed by atoms with E-state index in [0.29, 0.717) is 0 Å². The average molecular weight is 335 g/mol. The molecule has 0 heterocycles. The monoisotopic (exact) mass is 334 g/mol. The zero-order chi connectivity index (χ0) is 15.6. The van der Waals surface area contributed by atoms with E-state index in [1.54, 1.807) is 0 Å². The molecule has 3 heteroatoms. The van der Waals surface area contributed by atoms with Crippen molar-refractivity contribution in [3.63, 3.8) is 0 Å². The van der Waals surface area contributed by atoms with Crippen molar-refractivity contribution in [3.8, 4) is 0 Å². The Hall–Kier alpha value is 0.530. The quantitative estimate of drug-likeness (QED) is 0.352. The Labute approximate surface area is 140 Å². The molecule has 1 N–H and O–H groups in total. The zero-order valence-corrected chi connectivity index (χ0v) is 15.9. The lowest BCUT2D eigenvalue weighted by molar-refractivity contribution is 0.322. The molecule has 0 aromatic heterocycles. The van der Waals surface area contributed by atoms with Gasteiger partial charge in [0.15, 0.2) is 0 Å². The predicted molar refractivity (Wildman–Crippen MR) is 102 cm³/mol. The second kappa shape index (κ2) is 18.6. The van der Waals surface area contributed by atoms with E-state index >= 15 is 0 Å². The van der Waals surface area contributed by atoms with Crippen LogP contribution in [0.3, 0.4) is 0 Å². The van der Waals surface area contributed by atoms with E-state index in [9.17, 15) is 0 Å². The molecule has 0 aliphatic carbocycles. The van der Waals surface area contributed by atoms with Gasteiger partial charge in [0, 0.05) is 5.75 Å². The molecule has 1 nitrogen and oxygen atoms in total. The summed E-state index contributed by atoms with van der Waals surface area (Å²) in [6, 6.07) is 0. The van der Waals surface area contributed by atoms with Crippen molar-refractivity contribution in [2.24, 2.45) is 0 Å². The van der Waals surface area contributed by atoms with Crippen LogP contribution in [-0.4, -0.2) is 23.2 Å². The van der Waals surface area contributed by atoms with E-state index in [1.807, 2.05) is 0 Å². The van der Waals surface area contributed by atoms with E-state index in [2.05, 4.69) is 6.92 Å². The summed E-state index contributed by atoms with van der Waals surface area (Å²) in [4.78, 5) is 0. The van der Waals surface area contributed by atoms with Crippen molar-refractivity contribution in [3.05, 3.63) is 0 Å². The minimum atomic E-state index is 0.0472. The summed E-state index contributed by atoms with van der Waals surface area (Å²) in [6.07, 6.45) is 19.7. The highest BCUT2D eigenvalue weighted by molar-refractivity contribution is 8.28. The van der Waals surface area contributed by atoms with Crippen LogP contribution >= 0.6 is 0 Å². The van der Waals surface area contributed by atoms with Gasteiger partial charge in [0.05, 0.1) is 6.61 Å². The van der Waals surface area contributed by atoms with Gasteiger partial charge in [-0.3, -0.25) is 0 Å². The zero-order valence-electron chi connectivity index (χ0n) is 14.3. The lowest BCUT2D eigenvalue weighted by Crippen LogP contribution is -2.04. The summed E-state index contributed by atoms with van der Waals surface area (Å²) in [5.41, 5.74) is 0. The maximum absolute atomic E-state index is 8.79. The first-order valence-corrected chi connectivity index (χ1v) is 11.8. The molecular formula is C18H38OS2. The number of rotatable bonds is 17. The number of unbranched alkanes of at least 4 members (excludes halogenated alkanes) is 13. The molecule has 0 aromatic rings. The third kappa shape index (κ3) is 18.5. The first-order chi connectivity index (χ1) is 10.3. The van der Waals surface area contributed by atoms with E-state index in [0.717, 1.165) is 11.5 Å². The summed E-state index contributed by atoms with van der Waals surface area (Å²) >= 11 is 5.30. The van der Waals surface area contributed by atoms with Crippen LogP contribution in [0.4, 0.5) is 0 Å². The summed E-state index contributed by atoms with van der Waals surface area (Å²) in [5.74, 6) is 1.97. The second-order valence-corrected chi connectivity index (χ2v) is 9.28. The van der Waals surface area contributed by atoms with Crippen LogP contribution in [0.5, 0.6) is 0 Å². The third-order valence-electron chi connectivity index (χ3n) is 4.04. The van der Waals surface area contributed by atoms with Crippen LogP contribution in [0.25, 0.3) is 0 Å². The third-order valence-corrected chi connectivity index (χ3v) is 6.43. The molecular weight excluding hydrogens is 296 g/mol. The molecule has 0 radical (unpaired) electrons. The molecule has 1 atom stereocenters. The molecule has 1 unspecified atom stereocenters. The van der Waals surface area contributed by atoms with E-state index < -0.39 is 0 Å². The van der Waals surface area contributed by atoms with Gasteiger partial charge < -0.3 is 5.11 Å². The van der Waals surface area contributed by atoms with E-state index in [1.165, 1.54) is 89.9 Å². The first kappa shape index (κ1) is 21.5. The van der Waals surface area contributed by atoms with Crippen molar-refractivity contribution < 1.29 is 5.11 Å². The maximum atomic E-state index is 8.79. The Morgan fingerprint density at radius 3 is 1.38 bits per heavy atom. The molecule has 0 fully saturated rings. The van der Waals surface area contributed by atoms with Gasteiger partial charge in [0.25, 0.3) is 0 Å². The summed E-state index contributed by atoms with van der Waals surface area (Å²) < 4.78 is 0. The van der Waals surface area contributed by atoms with Gasteiger partial charge in [-0.2, -0.15) is 0 Å². The van der Waals surface area contributed by atoms with Gasteiger partial charge in [0.1, 0.15) is 0 Å². The number of aliphatic hydroxyl groups is 1. The largest absolute Gasteiger partial charge is 0.396 e. The topological polar surface area (TPSA) is 20.2 Å². The molecule has 0 bridgehead atoms. The van der Waals surface area contributed by atoms with Gasteiger partial charge in [-0.05, 0) is 12.2 Å². The molecule has 0 aliphatic heterocycles. The molecule has 0 saturated heterocycles. The second-order valence-electron chi connectivity index (χ2n) is 6.17. The normalized spacial score (nSPS) is 12.7. The van der Waals surface area contributed by atoms with Crippen LogP contribution in [0.2, 0.25) is 0 Å². The lowest BCUT2D eigenvalue weighted by atomic mass is 10.0. The number of aliphatic hydroxyl groups excluding tert-OH is 1. The van der Waals surface area contributed by atoms with Gasteiger partial charge in [-0.25, -0.2) is 0 Å². The average Bonchev–Trinajstić information content (AvgIpc) is 2.48. The van der Waals surface area contributed by atoms with Crippen LogP contribution in [0, 0.1) is 0 Å². The molecule has 21 heavy (non-hydrogen) atoms. The Morgan fingerprint density at radius 1 is 0.619 bits per heavy atom. The summed E-state index contributed by atoms with van der Waals surface area (Å²) in [7, 11) is 0.0472. The fraction of sp³-hybridized carbons (Fsp3) is 1.00. The van der Waals surface area contributed by atoms with Gasteiger partial charge in [-0.15, -0.1) is 9.45 Å². The number of hydrogen-bond acceptors (Lipinski definition) is 2. The van der Waals surface area contributed by atoms with Crippen LogP contribution in [0.1, 0.15) is 96.8 Å². The minimum Gasteiger partial charge on any atom is -0.396 e. The lowest BCUT2D eigenvalue weighted by Gasteiger charge is -2.04. The SMILES string of the molecule is CCCCCCCCCCCCCCCCS(=S)CCO.